The summed E-state index contributed by atoms with van der Waals surface area (Å²) in [5.74, 6) is -0.931. The summed E-state index contributed by atoms with van der Waals surface area (Å²) in [5.41, 5.74) is -1.35. The molecule has 170 valence electrons. The Kier molecular flexibility index (Phi) is 4.75. The maximum absolute atomic E-state index is 13.4. The van der Waals surface area contributed by atoms with Gasteiger partial charge in [-0.1, -0.05) is 41.7 Å². The van der Waals surface area contributed by atoms with Crippen LogP contribution in [-0.2, 0) is 15.7 Å². The van der Waals surface area contributed by atoms with Gasteiger partial charge in [-0.3, -0.25) is 14.2 Å². The van der Waals surface area contributed by atoms with Crippen LogP contribution in [0.1, 0.15) is 29.7 Å². The third-order valence-corrected chi connectivity index (χ3v) is 6.85. The maximum Gasteiger partial charge on any atom is 0.416 e. The van der Waals surface area contributed by atoms with Crippen molar-refractivity contribution in [2.45, 2.75) is 24.9 Å². The minimum atomic E-state index is -4.44. The molecule has 5 rings (SSSR count). The van der Waals surface area contributed by atoms with E-state index < -0.39 is 41.0 Å². The third kappa shape index (κ3) is 3.36. The Hall–Kier alpha value is -3.40. The largest absolute Gasteiger partial charge is 0.469 e. The molecule has 2 aliphatic rings. The number of benzene rings is 2. The van der Waals surface area contributed by atoms with Crippen molar-refractivity contribution in [3.05, 3.63) is 84.9 Å². The van der Waals surface area contributed by atoms with Crippen LogP contribution in [-0.4, -0.2) is 23.4 Å². The van der Waals surface area contributed by atoms with Gasteiger partial charge in [-0.2, -0.15) is 13.2 Å². The number of hydrogen-bond acceptors (Lipinski definition) is 6. The predicted molar refractivity (Wildman–Crippen MR) is 113 cm³/mol. The zero-order valence-corrected chi connectivity index (χ0v) is 18.2. The Morgan fingerprint density at radius 1 is 1.21 bits per heavy atom. The maximum atomic E-state index is 13.4. The molecule has 33 heavy (non-hydrogen) atoms. The summed E-state index contributed by atoms with van der Waals surface area (Å²) in [5, 5.41) is 0. The number of alkyl halides is 3. The Labute approximate surface area is 189 Å². The highest BCUT2D eigenvalue weighted by Gasteiger charge is 2.55. The average molecular weight is 474 g/mol. The molecule has 3 atom stereocenters. The molecule has 0 saturated heterocycles. The van der Waals surface area contributed by atoms with Crippen LogP contribution in [0.5, 0.6) is 5.75 Å². The summed E-state index contributed by atoms with van der Waals surface area (Å²) in [6, 6.07) is 11.0. The Morgan fingerprint density at radius 3 is 2.58 bits per heavy atom. The van der Waals surface area contributed by atoms with E-state index in [1.807, 2.05) is 0 Å². The van der Waals surface area contributed by atoms with E-state index in [0.29, 0.717) is 21.7 Å². The fraction of sp³-hybridized carbons (Fsp3) is 0.261. The lowest BCUT2D eigenvalue weighted by molar-refractivity contribution is -0.158. The van der Waals surface area contributed by atoms with Gasteiger partial charge in [0.15, 0.2) is 4.80 Å². The molecule has 0 aliphatic carbocycles. The molecule has 2 aliphatic heterocycles. The Balaban J connectivity index is 1.71. The van der Waals surface area contributed by atoms with Crippen LogP contribution in [0.3, 0.4) is 0 Å². The SMILES string of the molecule is COC(=O)C1C2c3ccccc3O[C@]1(C)N=c1sc(=Cc3ccc(C(F)(F)F)cc3)c(=O)n12. The van der Waals surface area contributed by atoms with Gasteiger partial charge in [0.2, 0.25) is 5.72 Å². The molecule has 2 aromatic carbocycles. The van der Waals surface area contributed by atoms with E-state index in [-0.39, 0.29) is 4.53 Å². The summed E-state index contributed by atoms with van der Waals surface area (Å²) in [6.45, 7) is 1.67. The van der Waals surface area contributed by atoms with Gasteiger partial charge in [-0.05, 0) is 36.8 Å². The molecule has 6 nitrogen and oxygen atoms in total. The number of esters is 1. The predicted octanol–water partition coefficient (Wildman–Crippen LogP) is 2.88. The second-order valence-corrected chi connectivity index (χ2v) is 8.95. The summed E-state index contributed by atoms with van der Waals surface area (Å²) >= 11 is 1.09. The highest BCUT2D eigenvalue weighted by atomic mass is 32.1. The number of halogens is 3. The van der Waals surface area contributed by atoms with Crippen LogP contribution in [0, 0.1) is 5.92 Å². The first-order valence-electron chi connectivity index (χ1n) is 9.98. The molecule has 2 unspecified atom stereocenters. The third-order valence-electron chi connectivity index (χ3n) is 5.87. The van der Waals surface area contributed by atoms with Crippen molar-refractivity contribution in [2.75, 3.05) is 7.11 Å². The average Bonchev–Trinajstić information content (AvgIpc) is 3.06. The van der Waals surface area contributed by atoms with E-state index >= 15 is 0 Å². The number of hydrogen-bond donors (Lipinski definition) is 0. The number of carbonyl (C=O) groups is 1. The summed E-state index contributed by atoms with van der Waals surface area (Å²) in [7, 11) is 1.27. The molecule has 0 saturated carbocycles. The number of nitrogens with zero attached hydrogens (tertiary/aromatic N) is 2. The molecular formula is C23H17F3N2O4S. The smallest absolute Gasteiger partial charge is 0.416 e. The van der Waals surface area contributed by atoms with Gasteiger partial charge in [-0.25, -0.2) is 4.99 Å². The van der Waals surface area contributed by atoms with Gasteiger partial charge in [0.25, 0.3) is 5.56 Å². The first kappa shape index (κ1) is 21.4. The highest BCUT2D eigenvalue weighted by molar-refractivity contribution is 7.07. The van der Waals surface area contributed by atoms with Gasteiger partial charge in [0.1, 0.15) is 11.7 Å². The van der Waals surface area contributed by atoms with Crippen LogP contribution in [0.25, 0.3) is 6.08 Å². The summed E-state index contributed by atoms with van der Waals surface area (Å²) in [4.78, 5) is 31.1. The lowest BCUT2D eigenvalue weighted by atomic mass is 9.81. The number of para-hydroxylation sites is 1. The van der Waals surface area contributed by atoms with E-state index in [2.05, 4.69) is 4.99 Å². The summed E-state index contributed by atoms with van der Waals surface area (Å²) < 4.78 is 51.4. The van der Waals surface area contributed by atoms with Crippen LogP contribution >= 0.6 is 11.3 Å². The van der Waals surface area contributed by atoms with Crippen molar-refractivity contribution < 1.29 is 27.4 Å². The number of fused-ring (bicyclic) bond motifs is 6. The normalized spacial score (nSPS) is 23.7. The molecule has 10 heteroatoms. The molecule has 2 bridgehead atoms. The second kappa shape index (κ2) is 7.31. The molecule has 0 spiro atoms. The number of rotatable bonds is 2. The van der Waals surface area contributed by atoms with Crippen molar-refractivity contribution in [2.24, 2.45) is 10.9 Å². The molecular weight excluding hydrogens is 457 g/mol. The van der Waals surface area contributed by atoms with Gasteiger partial charge < -0.3 is 9.47 Å². The lowest BCUT2D eigenvalue weighted by Gasteiger charge is -2.44. The monoisotopic (exact) mass is 474 g/mol. The topological polar surface area (TPSA) is 69.9 Å². The second-order valence-electron chi connectivity index (χ2n) is 7.94. The number of carbonyl (C=O) groups excluding carboxylic acids is 1. The summed E-state index contributed by atoms with van der Waals surface area (Å²) in [6.07, 6.45) is -2.93. The zero-order chi connectivity index (χ0) is 23.5. The first-order valence-corrected chi connectivity index (χ1v) is 10.8. The van der Waals surface area contributed by atoms with Gasteiger partial charge in [-0.15, -0.1) is 0 Å². The first-order chi connectivity index (χ1) is 15.6. The van der Waals surface area contributed by atoms with E-state index in [0.717, 1.165) is 23.5 Å². The lowest BCUT2D eigenvalue weighted by Crippen LogP contribution is -2.58. The fourth-order valence-corrected chi connectivity index (χ4v) is 5.45. The van der Waals surface area contributed by atoms with E-state index in [4.69, 9.17) is 9.47 Å². The van der Waals surface area contributed by atoms with Crippen LogP contribution < -0.4 is 19.6 Å². The minimum Gasteiger partial charge on any atom is -0.469 e. The van der Waals surface area contributed by atoms with Crippen LogP contribution in [0.4, 0.5) is 13.2 Å². The van der Waals surface area contributed by atoms with Crippen molar-refractivity contribution in [3.8, 4) is 5.75 Å². The van der Waals surface area contributed by atoms with Crippen LogP contribution in [0.2, 0.25) is 0 Å². The number of aromatic nitrogens is 1. The molecule has 0 N–H and O–H groups in total. The fourth-order valence-electron chi connectivity index (χ4n) is 4.35. The van der Waals surface area contributed by atoms with E-state index in [9.17, 15) is 22.8 Å². The molecule has 3 heterocycles. The Morgan fingerprint density at radius 2 is 1.91 bits per heavy atom. The molecule has 0 amide bonds. The molecule has 3 aromatic rings. The minimum absolute atomic E-state index is 0.283. The van der Waals surface area contributed by atoms with E-state index in [1.54, 1.807) is 31.2 Å². The van der Waals surface area contributed by atoms with Gasteiger partial charge in [0.05, 0.1) is 23.2 Å². The number of methoxy groups -OCH3 is 1. The number of ether oxygens (including phenoxy) is 2. The van der Waals surface area contributed by atoms with E-state index in [1.165, 1.54) is 29.9 Å². The van der Waals surface area contributed by atoms with Gasteiger partial charge in [0, 0.05) is 5.56 Å². The Bertz CT molecular complexity index is 1440. The zero-order valence-electron chi connectivity index (χ0n) is 17.4. The van der Waals surface area contributed by atoms with Crippen molar-refractivity contribution in [1.82, 2.24) is 4.57 Å². The molecule has 0 radical (unpaired) electrons. The standard InChI is InChI=1S/C23H17F3N2O4S/c1-22-17(20(30)31-2)18(14-5-3-4-6-15(14)32-22)28-19(29)16(33-21(28)27-22)11-12-7-9-13(10-8-12)23(24,25)26/h3-11,17-18H,1-2H3/t17?,18?,22-/m0/s1. The highest BCUT2D eigenvalue weighted by Crippen LogP contribution is 2.47. The molecule has 0 fully saturated rings. The quantitative estimate of drug-likeness (QED) is 0.536. The van der Waals surface area contributed by atoms with Crippen molar-refractivity contribution >= 4 is 23.4 Å². The molecule has 1 aromatic heterocycles. The van der Waals surface area contributed by atoms with Crippen molar-refractivity contribution in [3.63, 3.8) is 0 Å². The van der Waals surface area contributed by atoms with Crippen molar-refractivity contribution in [1.29, 1.82) is 0 Å². The van der Waals surface area contributed by atoms with Crippen LogP contribution in [0.15, 0.2) is 58.3 Å². The van der Waals surface area contributed by atoms with Gasteiger partial charge >= 0.3 is 12.1 Å². The number of thiazole rings is 1.